The molecule has 13 heteroatoms. The van der Waals surface area contributed by atoms with Gasteiger partial charge in [-0.25, -0.2) is 15.0 Å². The first-order valence-corrected chi connectivity index (χ1v) is 10.1. The lowest BCUT2D eigenvalue weighted by Gasteiger charge is -2.12. The molecule has 0 spiro atoms. The molecule has 0 aromatic carbocycles. The number of aromatic nitrogens is 6. The maximum absolute atomic E-state index is 13.1. The second kappa shape index (κ2) is 7.80. The summed E-state index contributed by atoms with van der Waals surface area (Å²) in [7, 11) is 1.66. The van der Waals surface area contributed by atoms with E-state index in [1.54, 1.807) is 18.5 Å². The number of thioether (sulfide) groups is 1. The number of nitrogens with zero attached hydrogens (tertiary/aromatic N) is 6. The van der Waals surface area contributed by atoms with E-state index in [-0.39, 0.29) is 11.5 Å². The van der Waals surface area contributed by atoms with E-state index in [9.17, 15) is 26.3 Å². The van der Waals surface area contributed by atoms with Crippen LogP contribution in [0.2, 0.25) is 0 Å². The highest BCUT2D eigenvalue weighted by Gasteiger charge is 2.34. The molecular weight excluding hydrogens is 458 g/mol. The van der Waals surface area contributed by atoms with Gasteiger partial charge in [-0.3, -0.25) is 9.55 Å². The van der Waals surface area contributed by atoms with E-state index >= 15 is 0 Å². The third-order valence-electron chi connectivity index (χ3n) is 4.58. The zero-order valence-electron chi connectivity index (χ0n) is 16.5. The van der Waals surface area contributed by atoms with E-state index < -0.39 is 23.6 Å². The molecule has 0 atom stereocenters. The van der Waals surface area contributed by atoms with Gasteiger partial charge in [-0.15, -0.1) is 11.8 Å². The normalized spacial score (nSPS) is 12.6. The van der Waals surface area contributed by atoms with Crippen LogP contribution in [0.25, 0.3) is 28.4 Å². The van der Waals surface area contributed by atoms with Gasteiger partial charge in [0.1, 0.15) is 17.8 Å². The van der Waals surface area contributed by atoms with Gasteiger partial charge < -0.3 is 4.57 Å². The average molecular weight is 472 g/mol. The van der Waals surface area contributed by atoms with Gasteiger partial charge in [0.15, 0.2) is 11.5 Å². The second-order valence-corrected chi connectivity index (χ2v) is 8.00. The van der Waals surface area contributed by atoms with Crippen LogP contribution in [0.5, 0.6) is 0 Å². The molecule has 0 amide bonds. The first-order valence-electron chi connectivity index (χ1n) is 9.13. The lowest BCUT2D eigenvalue weighted by molar-refractivity contribution is -0.141. The summed E-state index contributed by atoms with van der Waals surface area (Å²) in [4.78, 5) is 16.3. The molecule has 0 radical (unpaired) electrons. The molecule has 4 aromatic heterocycles. The third-order valence-corrected chi connectivity index (χ3v) is 5.49. The van der Waals surface area contributed by atoms with Gasteiger partial charge in [-0.1, -0.05) is 6.92 Å². The van der Waals surface area contributed by atoms with Crippen molar-refractivity contribution in [2.45, 2.75) is 24.2 Å². The molecule has 0 saturated carbocycles. The van der Waals surface area contributed by atoms with Crippen LogP contribution in [0, 0.1) is 0 Å². The topological polar surface area (TPSA) is 61.4 Å². The van der Waals surface area contributed by atoms with E-state index in [1.165, 1.54) is 24.0 Å². The predicted octanol–water partition coefficient (Wildman–Crippen LogP) is 5.37. The summed E-state index contributed by atoms with van der Waals surface area (Å²) in [5, 5.41) is 0. The van der Waals surface area contributed by atoms with E-state index in [2.05, 4.69) is 19.9 Å². The number of fused-ring (bicyclic) bond motifs is 1. The molecule has 0 aliphatic heterocycles. The van der Waals surface area contributed by atoms with Crippen LogP contribution < -0.4 is 0 Å². The first kappa shape index (κ1) is 22.1. The Hall–Kier alpha value is -3.09. The van der Waals surface area contributed by atoms with E-state index in [0.717, 1.165) is 29.4 Å². The standard InChI is InChI=1S/C19H14F6N6S/c1-3-32-13-4-10(18(20,21)22)6-27-16(13)17-29-11-5-15(26-7-12(11)30(17)2)31-8-14(28-9-31)19(23,24)25/h4-9H,3H2,1-2H3. The van der Waals surface area contributed by atoms with Crippen molar-refractivity contribution in [3.63, 3.8) is 0 Å². The van der Waals surface area contributed by atoms with Crippen LogP contribution in [-0.2, 0) is 19.4 Å². The Kier molecular flexibility index (Phi) is 5.39. The van der Waals surface area contributed by atoms with E-state index in [0.29, 0.717) is 27.5 Å². The summed E-state index contributed by atoms with van der Waals surface area (Å²) < 4.78 is 80.6. The monoisotopic (exact) mass is 472 g/mol. The highest BCUT2D eigenvalue weighted by Crippen LogP contribution is 2.36. The maximum Gasteiger partial charge on any atom is 0.434 e. The van der Waals surface area contributed by atoms with Crippen LogP contribution in [0.1, 0.15) is 18.2 Å². The molecule has 4 rings (SSSR count). The minimum absolute atomic E-state index is 0.161. The van der Waals surface area contributed by atoms with Crippen LogP contribution in [0.3, 0.4) is 0 Å². The number of imidazole rings is 2. The Morgan fingerprint density at radius 1 is 0.969 bits per heavy atom. The Morgan fingerprint density at radius 3 is 2.34 bits per heavy atom. The van der Waals surface area contributed by atoms with Crippen LogP contribution in [-0.4, -0.2) is 34.8 Å². The van der Waals surface area contributed by atoms with Crippen molar-refractivity contribution in [1.82, 2.24) is 29.1 Å². The average Bonchev–Trinajstić information content (AvgIpc) is 3.33. The third kappa shape index (κ3) is 4.04. The van der Waals surface area contributed by atoms with Crippen molar-refractivity contribution in [2.75, 3.05) is 5.75 Å². The Morgan fingerprint density at radius 2 is 1.72 bits per heavy atom. The zero-order chi connectivity index (χ0) is 23.3. The molecule has 0 aliphatic carbocycles. The molecule has 0 fully saturated rings. The minimum atomic E-state index is -4.59. The molecule has 168 valence electrons. The van der Waals surface area contributed by atoms with Gasteiger partial charge in [-0.05, 0) is 11.8 Å². The smallest absolute Gasteiger partial charge is 0.325 e. The Balaban J connectivity index is 1.80. The summed E-state index contributed by atoms with van der Waals surface area (Å²) >= 11 is 1.20. The van der Waals surface area contributed by atoms with E-state index in [4.69, 9.17) is 0 Å². The minimum Gasteiger partial charge on any atom is -0.325 e. The largest absolute Gasteiger partial charge is 0.434 e. The van der Waals surface area contributed by atoms with E-state index in [1.807, 2.05) is 0 Å². The molecule has 0 aliphatic rings. The summed E-state index contributed by atoms with van der Waals surface area (Å²) in [5.74, 6) is 0.993. The second-order valence-electron chi connectivity index (χ2n) is 6.69. The SMILES string of the molecule is CCSc1cc(C(F)(F)F)cnc1-c1nc2cc(-n3cnc(C(F)(F)F)c3)ncc2n1C. The molecular formula is C19H14F6N6S. The molecule has 32 heavy (non-hydrogen) atoms. The fraction of sp³-hybridized carbons (Fsp3) is 0.263. The number of halogens is 6. The van der Waals surface area contributed by atoms with Crippen molar-refractivity contribution in [1.29, 1.82) is 0 Å². The Labute approximate surface area is 181 Å². The lowest BCUT2D eigenvalue weighted by Crippen LogP contribution is -2.07. The van der Waals surface area contributed by atoms with Crippen molar-refractivity contribution in [3.05, 3.63) is 48.3 Å². The van der Waals surface area contributed by atoms with Crippen LogP contribution in [0.15, 0.2) is 41.9 Å². The molecule has 4 aromatic rings. The molecule has 0 saturated heterocycles. The number of aryl methyl sites for hydroxylation is 1. The predicted molar refractivity (Wildman–Crippen MR) is 105 cm³/mol. The maximum atomic E-state index is 13.1. The highest BCUT2D eigenvalue weighted by molar-refractivity contribution is 7.99. The fourth-order valence-electron chi connectivity index (χ4n) is 3.06. The quantitative estimate of drug-likeness (QED) is 0.295. The summed E-state index contributed by atoms with van der Waals surface area (Å²) in [5.41, 5.74) is -0.721. The van der Waals surface area contributed by atoms with Gasteiger partial charge in [0.25, 0.3) is 0 Å². The van der Waals surface area contributed by atoms with Gasteiger partial charge in [0.05, 0.1) is 22.8 Å². The first-order chi connectivity index (χ1) is 15.0. The molecule has 6 nitrogen and oxygen atoms in total. The molecule has 0 bridgehead atoms. The van der Waals surface area contributed by atoms with Crippen molar-refractivity contribution < 1.29 is 26.3 Å². The molecule has 0 N–H and O–H groups in total. The number of alkyl halides is 6. The summed E-state index contributed by atoms with van der Waals surface area (Å²) in [6.45, 7) is 1.81. The lowest BCUT2D eigenvalue weighted by atomic mass is 10.2. The zero-order valence-corrected chi connectivity index (χ0v) is 17.3. The van der Waals surface area contributed by atoms with Crippen LogP contribution >= 0.6 is 11.8 Å². The summed E-state index contributed by atoms with van der Waals surface area (Å²) in [6.07, 6.45) is -5.14. The van der Waals surface area contributed by atoms with Gasteiger partial charge in [0.2, 0.25) is 0 Å². The van der Waals surface area contributed by atoms with Gasteiger partial charge in [0, 0.05) is 30.4 Å². The number of hydrogen-bond acceptors (Lipinski definition) is 5. The summed E-state index contributed by atoms with van der Waals surface area (Å²) in [6, 6.07) is 2.50. The Bertz CT molecular complexity index is 1290. The fourth-order valence-corrected chi connectivity index (χ4v) is 3.86. The van der Waals surface area contributed by atoms with Gasteiger partial charge >= 0.3 is 12.4 Å². The molecule has 0 unspecified atom stereocenters. The van der Waals surface area contributed by atoms with Crippen molar-refractivity contribution >= 4 is 22.8 Å². The highest BCUT2D eigenvalue weighted by atomic mass is 32.2. The number of rotatable bonds is 4. The number of pyridine rings is 2. The van der Waals surface area contributed by atoms with Gasteiger partial charge in [-0.2, -0.15) is 26.3 Å². The molecule has 4 heterocycles. The van der Waals surface area contributed by atoms with Crippen molar-refractivity contribution in [2.24, 2.45) is 7.05 Å². The number of hydrogen-bond donors (Lipinski definition) is 0. The van der Waals surface area contributed by atoms with Crippen molar-refractivity contribution in [3.8, 4) is 17.3 Å². The van der Waals surface area contributed by atoms with Crippen LogP contribution in [0.4, 0.5) is 26.3 Å².